The molecule has 0 saturated heterocycles. The van der Waals surface area contributed by atoms with Crippen molar-refractivity contribution in [1.82, 2.24) is 0 Å². The lowest BCUT2D eigenvalue weighted by molar-refractivity contribution is 0.102. The number of carbonyl (C=O) groups excluding carboxylic acids is 1. The molecule has 2 aromatic rings. The average Bonchev–Trinajstić information content (AvgIpc) is 2.34. The van der Waals surface area contributed by atoms with Gasteiger partial charge in [0.2, 0.25) is 0 Å². The first-order chi connectivity index (χ1) is 8.56. The molecule has 3 N–H and O–H groups in total. The molecule has 0 atom stereocenters. The van der Waals surface area contributed by atoms with Crippen LogP contribution < -0.4 is 11.1 Å². The summed E-state index contributed by atoms with van der Waals surface area (Å²) in [5, 5.41) is 2.66. The van der Waals surface area contributed by atoms with Crippen LogP contribution in [0.5, 0.6) is 0 Å². The molecular weight excluding hydrogens is 299 g/mol. The highest BCUT2D eigenvalue weighted by Crippen LogP contribution is 2.23. The van der Waals surface area contributed by atoms with Gasteiger partial charge in [-0.05, 0) is 52.3 Å². The highest BCUT2D eigenvalue weighted by atomic mass is 79.9. The van der Waals surface area contributed by atoms with Gasteiger partial charge < -0.3 is 11.1 Å². The maximum atomic E-state index is 13.0. The van der Waals surface area contributed by atoms with Crippen molar-refractivity contribution in [2.75, 3.05) is 11.1 Å². The number of nitrogens with one attached hydrogen (secondary N) is 1. The van der Waals surface area contributed by atoms with Gasteiger partial charge in [0.25, 0.3) is 5.91 Å². The zero-order valence-corrected chi connectivity index (χ0v) is 10.9. The first-order valence-electron chi connectivity index (χ1n) is 5.18. The first-order valence-corrected chi connectivity index (χ1v) is 5.97. The Labute approximate surface area is 112 Å². The van der Waals surface area contributed by atoms with Crippen LogP contribution in [0, 0.1) is 5.82 Å². The Morgan fingerprint density at radius 3 is 2.67 bits per heavy atom. The van der Waals surface area contributed by atoms with Gasteiger partial charge in [-0.1, -0.05) is 6.07 Å². The van der Waals surface area contributed by atoms with Crippen LogP contribution in [0.1, 0.15) is 10.4 Å². The van der Waals surface area contributed by atoms with Crippen molar-refractivity contribution in [3.05, 3.63) is 58.3 Å². The number of hydrogen-bond donors (Lipinski definition) is 2. The molecular formula is C13H10BrFN2O. The van der Waals surface area contributed by atoms with E-state index >= 15 is 0 Å². The largest absolute Gasteiger partial charge is 0.398 e. The Morgan fingerprint density at radius 1 is 1.22 bits per heavy atom. The van der Waals surface area contributed by atoms with E-state index in [1.54, 1.807) is 24.3 Å². The van der Waals surface area contributed by atoms with Gasteiger partial charge in [-0.15, -0.1) is 0 Å². The zero-order valence-electron chi connectivity index (χ0n) is 9.28. The monoisotopic (exact) mass is 308 g/mol. The van der Waals surface area contributed by atoms with E-state index in [1.807, 2.05) is 0 Å². The molecule has 0 unspecified atom stereocenters. The minimum atomic E-state index is -0.443. The van der Waals surface area contributed by atoms with Gasteiger partial charge >= 0.3 is 0 Å². The number of rotatable bonds is 2. The molecule has 3 nitrogen and oxygen atoms in total. The summed E-state index contributed by atoms with van der Waals surface area (Å²) in [6.07, 6.45) is 0. The van der Waals surface area contributed by atoms with Crippen LogP contribution in [-0.2, 0) is 0 Å². The van der Waals surface area contributed by atoms with E-state index in [0.717, 1.165) is 0 Å². The Balaban J connectivity index is 2.18. The molecule has 92 valence electrons. The summed E-state index contributed by atoms with van der Waals surface area (Å²) in [5.41, 5.74) is 7.08. The molecule has 0 aromatic heterocycles. The number of hydrogen-bond acceptors (Lipinski definition) is 2. The Kier molecular flexibility index (Phi) is 3.62. The summed E-state index contributed by atoms with van der Waals surface area (Å²) in [6, 6.07) is 10.5. The number of halogens is 2. The molecule has 0 heterocycles. The van der Waals surface area contributed by atoms with Crippen molar-refractivity contribution in [3.63, 3.8) is 0 Å². The third-order valence-corrected chi connectivity index (χ3v) is 3.03. The second-order valence-electron chi connectivity index (χ2n) is 3.70. The molecule has 0 fully saturated rings. The molecule has 18 heavy (non-hydrogen) atoms. The number of nitrogen functional groups attached to an aromatic ring is 1. The van der Waals surface area contributed by atoms with E-state index in [-0.39, 0.29) is 11.5 Å². The van der Waals surface area contributed by atoms with Crippen molar-refractivity contribution in [2.45, 2.75) is 0 Å². The first kappa shape index (κ1) is 12.6. The average molecular weight is 309 g/mol. The van der Waals surface area contributed by atoms with Gasteiger partial charge in [0.05, 0.1) is 0 Å². The third kappa shape index (κ3) is 2.87. The van der Waals surface area contributed by atoms with E-state index < -0.39 is 5.82 Å². The highest BCUT2D eigenvalue weighted by molar-refractivity contribution is 9.10. The second-order valence-corrected chi connectivity index (χ2v) is 4.56. The van der Waals surface area contributed by atoms with Gasteiger partial charge in [0.1, 0.15) is 5.82 Å². The standard InChI is InChI=1S/C13H10BrFN2O/c14-11-7-10(4-5-12(11)16)17-13(18)8-2-1-3-9(15)6-8/h1-7H,16H2,(H,17,18). The predicted octanol–water partition coefficient (Wildman–Crippen LogP) is 3.42. The molecule has 0 saturated carbocycles. The molecule has 5 heteroatoms. The van der Waals surface area contributed by atoms with Gasteiger partial charge in [-0.2, -0.15) is 0 Å². The van der Waals surface area contributed by atoms with Crippen molar-refractivity contribution in [1.29, 1.82) is 0 Å². The van der Waals surface area contributed by atoms with Crippen LogP contribution in [0.4, 0.5) is 15.8 Å². The minimum Gasteiger partial charge on any atom is -0.398 e. The van der Waals surface area contributed by atoms with Crippen LogP contribution in [-0.4, -0.2) is 5.91 Å². The van der Waals surface area contributed by atoms with Crippen molar-refractivity contribution < 1.29 is 9.18 Å². The molecule has 2 rings (SSSR count). The van der Waals surface area contributed by atoms with E-state index in [0.29, 0.717) is 15.8 Å². The van der Waals surface area contributed by atoms with Gasteiger partial charge in [-0.25, -0.2) is 4.39 Å². The summed E-state index contributed by atoms with van der Waals surface area (Å²) in [5.74, 6) is -0.813. The van der Waals surface area contributed by atoms with E-state index in [4.69, 9.17) is 5.73 Å². The fourth-order valence-corrected chi connectivity index (χ4v) is 1.82. The Bertz CT molecular complexity index is 601. The van der Waals surface area contributed by atoms with Gasteiger partial charge in [0.15, 0.2) is 0 Å². The lowest BCUT2D eigenvalue weighted by Crippen LogP contribution is -2.12. The summed E-state index contributed by atoms with van der Waals surface area (Å²) < 4.78 is 13.7. The van der Waals surface area contributed by atoms with Crippen LogP contribution in [0.15, 0.2) is 46.9 Å². The van der Waals surface area contributed by atoms with Gasteiger partial charge in [-0.3, -0.25) is 4.79 Å². The van der Waals surface area contributed by atoms with Crippen molar-refractivity contribution >= 4 is 33.2 Å². The predicted molar refractivity (Wildman–Crippen MR) is 72.9 cm³/mol. The lowest BCUT2D eigenvalue weighted by atomic mass is 10.2. The Morgan fingerprint density at radius 2 is 2.00 bits per heavy atom. The summed E-state index contributed by atoms with van der Waals surface area (Å²) in [7, 11) is 0. The fourth-order valence-electron chi connectivity index (χ4n) is 1.44. The second kappa shape index (κ2) is 5.18. The van der Waals surface area contributed by atoms with Crippen molar-refractivity contribution in [3.8, 4) is 0 Å². The number of amides is 1. The third-order valence-electron chi connectivity index (χ3n) is 2.35. The van der Waals surface area contributed by atoms with Crippen LogP contribution in [0.2, 0.25) is 0 Å². The number of anilines is 2. The number of benzene rings is 2. The van der Waals surface area contributed by atoms with Crippen LogP contribution >= 0.6 is 15.9 Å². The molecule has 2 aromatic carbocycles. The maximum absolute atomic E-state index is 13.0. The maximum Gasteiger partial charge on any atom is 0.255 e. The van der Waals surface area contributed by atoms with E-state index in [2.05, 4.69) is 21.2 Å². The molecule has 0 spiro atoms. The molecule has 1 amide bonds. The van der Waals surface area contributed by atoms with E-state index in [1.165, 1.54) is 18.2 Å². The molecule has 0 aliphatic heterocycles. The summed E-state index contributed by atoms with van der Waals surface area (Å²) >= 11 is 3.27. The molecule has 0 aliphatic carbocycles. The quantitative estimate of drug-likeness (QED) is 0.835. The highest BCUT2D eigenvalue weighted by Gasteiger charge is 2.07. The molecule has 0 aliphatic rings. The SMILES string of the molecule is Nc1ccc(NC(=O)c2cccc(F)c2)cc1Br. The van der Waals surface area contributed by atoms with E-state index in [9.17, 15) is 9.18 Å². The summed E-state index contributed by atoms with van der Waals surface area (Å²) in [4.78, 5) is 11.8. The summed E-state index contributed by atoms with van der Waals surface area (Å²) in [6.45, 7) is 0. The van der Waals surface area contributed by atoms with Crippen LogP contribution in [0.25, 0.3) is 0 Å². The zero-order chi connectivity index (χ0) is 13.1. The van der Waals surface area contributed by atoms with Gasteiger partial charge in [0, 0.05) is 21.4 Å². The van der Waals surface area contributed by atoms with Crippen LogP contribution in [0.3, 0.4) is 0 Å². The normalized spacial score (nSPS) is 10.1. The lowest BCUT2D eigenvalue weighted by Gasteiger charge is -2.07. The topological polar surface area (TPSA) is 55.1 Å². The minimum absolute atomic E-state index is 0.267. The smallest absolute Gasteiger partial charge is 0.255 e. The number of nitrogens with two attached hydrogens (primary N) is 1. The fraction of sp³-hybridized carbons (Fsp3) is 0. The Hall–Kier alpha value is -1.88. The molecule has 0 radical (unpaired) electrons. The molecule has 0 bridgehead atoms. The van der Waals surface area contributed by atoms with Crippen molar-refractivity contribution in [2.24, 2.45) is 0 Å². The number of carbonyl (C=O) groups is 1.